The van der Waals surface area contributed by atoms with Crippen molar-refractivity contribution < 1.29 is 23.6 Å². The van der Waals surface area contributed by atoms with Gasteiger partial charge in [0.1, 0.15) is 0 Å². The number of ether oxygens (including phenoxy) is 1. The maximum Gasteiger partial charge on any atom is 0.313 e. The molecule has 1 aliphatic heterocycles. The number of morpholine rings is 1. The topological polar surface area (TPSA) is 114 Å². The number of nitrogens with zero attached hydrogens (tertiary/aromatic N) is 2. The van der Waals surface area contributed by atoms with Crippen molar-refractivity contribution in [1.82, 2.24) is 5.32 Å². The monoisotopic (exact) mass is 430 g/mol. The van der Waals surface area contributed by atoms with Crippen LogP contribution in [0.15, 0.2) is 42.5 Å². The molecule has 2 aromatic rings. The largest absolute Gasteiger partial charge is 0.378 e. The Morgan fingerprint density at radius 3 is 2.48 bits per heavy atom. The van der Waals surface area contributed by atoms with Gasteiger partial charge in [-0.15, -0.1) is 0 Å². The molecule has 9 nitrogen and oxygen atoms in total. The van der Waals surface area contributed by atoms with Crippen molar-refractivity contribution in [2.45, 2.75) is 12.8 Å². The molecule has 0 saturated carbocycles. The van der Waals surface area contributed by atoms with E-state index in [0.29, 0.717) is 13.0 Å². The molecule has 31 heavy (non-hydrogen) atoms. The number of carbonyl (C=O) groups is 2. The zero-order valence-corrected chi connectivity index (χ0v) is 16.8. The smallest absolute Gasteiger partial charge is 0.313 e. The standard InChI is InChI=1S/C21H23FN4O5/c22-18-8-5-16(14-19(18)26(29)30)24-21(28)20(27)23-9-1-2-15-3-6-17(7-4-15)25-10-12-31-13-11-25/h3-8,14H,1-2,9-13H2,(H,23,27)(H,24,28). The van der Waals surface area contributed by atoms with Gasteiger partial charge in [0.25, 0.3) is 0 Å². The molecule has 164 valence electrons. The van der Waals surface area contributed by atoms with Crippen LogP contribution in [0, 0.1) is 15.9 Å². The predicted molar refractivity (Wildman–Crippen MR) is 112 cm³/mol. The summed E-state index contributed by atoms with van der Waals surface area (Å²) in [5, 5.41) is 15.5. The van der Waals surface area contributed by atoms with Gasteiger partial charge in [-0.3, -0.25) is 19.7 Å². The molecular weight excluding hydrogens is 407 g/mol. The Morgan fingerprint density at radius 1 is 1.10 bits per heavy atom. The van der Waals surface area contributed by atoms with Gasteiger partial charge >= 0.3 is 17.5 Å². The van der Waals surface area contributed by atoms with Gasteiger partial charge in [0.2, 0.25) is 5.82 Å². The van der Waals surface area contributed by atoms with E-state index in [2.05, 4.69) is 27.7 Å². The number of nitrogens with one attached hydrogen (secondary N) is 2. The first-order valence-corrected chi connectivity index (χ1v) is 9.89. The summed E-state index contributed by atoms with van der Waals surface area (Å²) in [6.07, 6.45) is 1.37. The quantitative estimate of drug-likeness (QED) is 0.301. The van der Waals surface area contributed by atoms with E-state index < -0.39 is 28.2 Å². The third-order valence-electron chi connectivity index (χ3n) is 4.85. The third kappa shape index (κ3) is 6.22. The van der Waals surface area contributed by atoms with E-state index in [1.54, 1.807) is 0 Å². The molecule has 0 spiro atoms. The normalized spacial score (nSPS) is 13.5. The first-order chi connectivity index (χ1) is 14.9. The van der Waals surface area contributed by atoms with Crippen LogP contribution >= 0.6 is 0 Å². The molecule has 1 aliphatic rings. The second-order valence-corrected chi connectivity index (χ2v) is 7.00. The molecule has 0 aromatic heterocycles. The van der Waals surface area contributed by atoms with Gasteiger partial charge < -0.3 is 20.3 Å². The average Bonchev–Trinajstić information content (AvgIpc) is 2.78. The fraction of sp³-hybridized carbons (Fsp3) is 0.333. The Bertz CT molecular complexity index is 945. The highest BCUT2D eigenvalue weighted by atomic mass is 19.1. The number of aryl methyl sites for hydroxylation is 1. The summed E-state index contributed by atoms with van der Waals surface area (Å²) >= 11 is 0. The number of carbonyl (C=O) groups excluding carboxylic acids is 2. The van der Waals surface area contributed by atoms with E-state index in [1.165, 1.54) is 0 Å². The second kappa shape index (κ2) is 10.5. The van der Waals surface area contributed by atoms with Gasteiger partial charge in [0, 0.05) is 37.1 Å². The average molecular weight is 430 g/mol. The molecule has 0 radical (unpaired) electrons. The van der Waals surface area contributed by atoms with Crippen molar-refractivity contribution in [2.75, 3.05) is 43.1 Å². The summed E-state index contributed by atoms with van der Waals surface area (Å²) in [5.41, 5.74) is 1.46. The van der Waals surface area contributed by atoms with Gasteiger partial charge in [-0.05, 0) is 42.7 Å². The summed E-state index contributed by atoms with van der Waals surface area (Å²) in [6.45, 7) is 3.50. The number of halogens is 1. The van der Waals surface area contributed by atoms with Gasteiger partial charge in [-0.25, -0.2) is 0 Å². The predicted octanol–water partition coefficient (Wildman–Crippen LogP) is 2.26. The number of hydrogen-bond acceptors (Lipinski definition) is 6. The van der Waals surface area contributed by atoms with Crippen LogP contribution < -0.4 is 15.5 Å². The Labute approximate surface area is 178 Å². The van der Waals surface area contributed by atoms with Gasteiger partial charge in [-0.1, -0.05) is 12.1 Å². The van der Waals surface area contributed by atoms with Crippen LogP contribution in [-0.2, 0) is 20.7 Å². The molecule has 10 heteroatoms. The zero-order valence-electron chi connectivity index (χ0n) is 16.8. The Morgan fingerprint density at radius 2 is 1.81 bits per heavy atom. The third-order valence-corrected chi connectivity index (χ3v) is 4.85. The lowest BCUT2D eigenvalue weighted by Crippen LogP contribution is -2.36. The van der Waals surface area contributed by atoms with E-state index in [0.717, 1.165) is 62.2 Å². The molecule has 0 unspecified atom stereocenters. The second-order valence-electron chi connectivity index (χ2n) is 7.00. The van der Waals surface area contributed by atoms with Crippen molar-refractivity contribution in [3.05, 3.63) is 64.0 Å². The SMILES string of the molecule is O=C(NCCCc1ccc(N2CCOCC2)cc1)C(=O)Nc1ccc(F)c([N+](=O)[O-])c1. The zero-order chi connectivity index (χ0) is 22.2. The first-order valence-electron chi connectivity index (χ1n) is 9.89. The molecular formula is C21H23FN4O5. The number of benzene rings is 2. The number of anilines is 2. The van der Waals surface area contributed by atoms with Crippen LogP contribution in [0.3, 0.4) is 0 Å². The van der Waals surface area contributed by atoms with E-state index >= 15 is 0 Å². The van der Waals surface area contributed by atoms with Crippen LogP contribution in [0.5, 0.6) is 0 Å². The maximum absolute atomic E-state index is 13.3. The lowest BCUT2D eigenvalue weighted by atomic mass is 10.1. The Kier molecular flexibility index (Phi) is 7.50. The molecule has 0 atom stereocenters. The summed E-state index contributed by atoms with van der Waals surface area (Å²) in [7, 11) is 0. The Hall–Kier alpha value is -3.53. The van der Waals surface area contributed by atoms with Crippen LogP contribution in [-0.4, -0.2) is 49.6 Å². The van der Waals surface area contributed by atoms with E-state index in [-0.39, 0.29) is 5.69 Å². The van der Waals surface area contributed by atoms with E-state index in [4.69, 9.17) is 4.74 Å². The highest BCUT2D eigenvalue weighted by Crippen LogP contribution is 2.21. The highest BCUT2D eigenvalue weighted by molar-refractivity contribution is 6.39. The van der Waals surface area contributed by atoms with Crippen LogP contribution in [0.2, 0.25) is 0 Å². The molecule has 0 aliphatic carbocycles. The number of hydrogen-bond donors (Lipinski definition) is 2. The molecule has 2 amide bonds. The molecule has 1 heterocycles. The summed E-state index contributed by atoms with van der Waals surface area (Å²) < 4.78 is 18.7. The summed E-state index contributed by atoms with van der Waals surface area (Å²) in [5.74, 6) is -2.86. The molecule has 2 aromatic carbocycles. The Balaban J connectivity index is 1.41. The van der Waals surface area contributed by atoms with Gasteiger partial charge in [0.05, 0.1) is 18.1 Å². The van der Waals surface area contributed by atoms with Crippen molar-refractivity contribution in [3.8, 4) is 0 Å². The molecule has 1 saturated heterocycles. The number of rotatable bonds is 7. The van der Waals surface area contributed by atoms with E-state index in [9.17, 15) is 24.1 Å². The van der Waals surface area contributed by atoms with Crippen molar-refractivity contribution in [2.24, 2.45) is 0 Å². The fourth-order valence-electron chi connectivity index (χ4n) is 3.19. The van der Waals surface area contributed by atoms with Crippen molar-refractivity contribution in [3.63, 3.8) is 0 Å². The lowest BCUT2D eigenvalue weighted by Gasteiger charge is -2.28. The number of amides is 2. The summed E-state index contributed by atoms with van der Waals surface area (Å²) in [4.78, 5) is 36.0. The minimum absolute atomic E-state index is 0.0337. The van der Waals surface area contributed by atoms with Crippen LogP contribution in [0.25, 0.3) is 0 Å². The first kappa shape index (κ1) is 22.2. The molecule has 0 bridgehead atoms. The van der Waals surface area contributed by atoms with Crippen LogP contribution in [0.1, 0.15) is 12.0 Å². The van der Waals surface area contributed by atoms with E-state index in [1.807, 2.05) is 12.1 Å². The highest BCUT2D eigenvalue weighted by Gasteiger charge is 2.18. The summed E-state index contributed by atoms with van der Waals surface area (Å²) in [6, 6.07) is 11.1. The molecule has 1 fully saturated rings. The van der Waals surface area contributed by atoms with Gasteiger partial charge in [-0.2, -0.15) is 4.39 Å². The lowest BCUT2D eigenvalue weighted by molar-refractivity contribution is -0.387. The molecule has 3 rings (SSSR count). The van der Waals surface area contributed by atoms with Crippen molar-refractivity contribution >= 4 is 28.9 Å². The molecule has 2 N–H and O–H groups in total. The number of nitro groups is 1. The maximum atomic E-state index is 13.3. The fourth-order valence-corrected chi connectivity index (χ4v) is 3.19. The van der Waals surface area contributed by atoms with Gasteiger partial charge in [0.15, 0.2) is 0 Å². The van der Waals surface area contributed by atoms with Crippen LogP contribution in [0.4, 0.5) is 21.5 Å². The minimum Gasteiger partial charge on any atom is -0.378 e. The number of nitro benzene ring substituents is 1. The van der Waals surface area contributed by atoms with Crippen molar-refractivity contribution in [1.29, 1.82) is 0 Å². The minimum atomic E-state index is -1.02.